The Morgan fingerprint density at radius 2 is 0.862 bits per heavy atom. The van der Waals surface area contributed by atoms with Crippen molar-refractivity contribution < 1.29 is 9.47 Å². The second kappa shape index (κ2) is 7.02. The lowest BCUT2D eigenvalue weighted by molar-refractivity contribution is 0.415. The minimum absolute atomic E-state index is 0.861. The molecule has 0 aromatic heterocycles. The number of rotatable bonds is 4. The predicted molar refractivity (Wildman–Crippen MR) is 117 cm³/mol. The third-order valence-electron chi connectivity index (χ3n) is 5.37. The van der Waals surface area contributed by atoms with Crippen molar-refractivity contribution in [3.63, 3.8) is 0 Å². The molecule has 0 aliphatic carbocycles. The molecule has 29 heavy (non-hydrogen) atoms. The Bertz CT molecular complexity index is 1080. The second-order valence-electron chi connectivity index (χ2n) is 7.03. The number of hydrogen-bond acceptors (Lipinski definition) is 2. The molecular formula is C26H20NO2. The SMILES string of the molecule is COc1ccc(-c2ccc3c(c2)-c2cc(-c4ccc(OC)cc4)ccc2[N]3)cc1. The summed E-state index contributed by atoms with van der Waals surface area (Å²) >= 11 is 0. The Kier molecular flexibility index (Phi) is 4.21. The van der Waals surface area contributed by atoms with Crippen molar-refractivity contribution >= 4 is 11.4 Å². The van der Waals surface area contributed by atoms with E-state index < -0.39 is 0 Å². The van der Waals surface area contributed by atoms with Crippen LogP contribution in [0, 0.1) is 0 Å². The maximum absolute atomic E-state index is 5.27. The molecule has 0 atom stereocenters. The first kappa shape index (κ1) is 17.4. The van der Waals surface area contributed by atoms with Crippen molar-refractivity contribution in [2.45, 2.75) is 0 Å². The Hall–Kier alpha value is -3.72. The van der Waals surface area contributed by atoms with Gasteiger partial charge >= 0.3 is 0 Å². The van der Waals surface area contributed by atoms with E-state index in [0.717, 1.165) is 34.0 Å². The molecule has 0 spiro atoms. The summed E-state index contributed by atoms with van der Waals surface area (Å²) in [4.78, 5) is 0. The molecule has 3 heteroatoms. The Morgan fingerprint density at radius 1 is 0.483 bits per heavy atom. The van der Waals surface area contributed by atoms with Gasteiger partial charge in [0.05, 0.1) is 25.6 Å². The van der Waals surface area contributed by atoms with Gasteiger partial charge in [-0.25, -0.2) is 5.32 Å². The molecule has 4 aromatic carbocycles. The number of ether oxygens (including phenoxy) is 2. The van der Waals surface area contributed by atoms with Crippen LogP contribution in [0.5, 0.6) is 11.5 Å². The van der Waals surface area contributed by atoms with E-state index in [1.807, 2.05) is 24.3 Å². The Morgan fingerprint density at radius 3 is 1.24 bits per heavy atom. The third kappa shape index (κ3) is 3.11. The molecule has 3 nitrogen and oxygen atoms in total. The van der Waals surface area contributed by atoms with Gasteiger partial charge in [0.2, 0.25) is 0 Å². The van der Waals surface area contributed by atoms with Gasteiger partial charge in [-0.1, -0.05) is 36.4 Å². The van der Waals surface area contributed by atoms with Gasteiger partial charge in [-0.05, 0) is 70.8 Å². The fourth-order valence-electron chi connectivity index (χ4n) is 3.75. The average molecular weight is 378 g/mol. The molecule has 0 N–H and O–H groups in total. The smallest absolute Gasteiger partial charge is 0.118 e. The van der Waals surface area contributed by atoms with E-state index in [9.17, 15) is 0 Å². The summed E-state index contributed by atoms with van der Waals surface area (Å²) < 4.78 is 10.5. The van der Waals surface area contributed by atoms with Gasteiger partial charge in [-0.15, -0.1) is 0 Å². The van der Waals surface area contributed by atoms with E-state index in [1.54, 1.807) is 14.2 Å². The first-order valence-corrected chi connectivity index (χ1v) is 9.54. The van der Waals surface area contributed by atoms with Crippen molar-refractivity contribution in [2.75, 3.05) is 14.2 Å². The van der Waals surface area contributed by atoms with E-state index in [4.69, 9.17) is 14.8 Å². The molecule has 141 valence electrons. The number of benzene rings is 4. The average Bonchev–Trinajstić information content (AvgIpc) is 3.16. The van der Waals surface area contributed by atoms with Gasteiger partial charge in [0.25, 0.3) is 0 Å². The molecule has 0 unspecified atom stereocenters. The molecular weight excluding hydrogens is 358 g/mol. The maximum Gasteiger partial charge on any atom is 0.118 e. The van der Waals surface area contributed by atoms with Crippen LogP contribution in [-0.2, 0) is 0 Å². The van der Waals surface area contributed by atoms with Crippen LogP contribution in [-0.4, -0.2) is 14.2 Å². The minimum atomic E-state index is 0.861. The van der Waals surface area contributed by atoms with Gasteiger partial charge < -0.3 is 9.47 Å². The molecule has 1 heterocycles. The van der Waals surface area contributed by atoms with Crippen LogP contribution in [0.3, 0.4) is 0 Å². The molecule has 1 aliphatic heterocycles. The Labute approximate surface area is 170 Å². The highest BCUT2D eigenvalue weighted by Gasteiger charge is 2.21. The van der Waals surface area contributed by atoms with Crippen LogP contribution in [0.4, 0.5) is 11.4 Å². The van der Waals surface area contributed by atoms with Crippen molar-refractivity contribution in [1.29, 1.82) is 0 Å². The van der Waals surface area contributed by atoms with Crippen LogP contribution in [0.2, 0.25) is 0 Å². The third-order valence-corrected chi connectivity index (χ3v) is 5.37. The number of nitrogens with zero attached hydrogens (tertiary/aromatic N) is 1. The van der Waals surface area contributed by atoms with E-state index in [2.05, 4.69) is 60.7 Å². The van der Waals surface area contributed by atoms with E-state index in [1.165, 1.54) is 22.3 Å². The fourth-order valence-corrected chi connectivity index (χ4v) is 3.75. The normalized spacial score (nSPS) is 11.4. The highest BCUT2D eigenvalue weighted by molar-refractivity contribution is 5.94. The summed E-state index contributed by atoms with van der Waals surface area (Å²) in [6.07, 6.45) is 0. The van der Waals surface area contributed by atoms with Gasteiger partial charge in [-0.2, -0.15) is 0 Å². The molecule has 1 radical (unpaired) electrons. The molecule has 0 saturated heterocycles. The number of hydrogen-bond donors (Lipinski definition) is 0. The van der Waals surface area contributed by atoms with Crippen LogP contribution < -0.4 is 14.8 Å². The summed E-state index contributed by atoms with van der Waals surface area (Å²) in [7, 11) is 3.37. The summed E-state index contributed by atoms with van der Waals surface area (Å²) in [6.45, 7) is 0. The minimum Gasteiger partial charge on any atom is -0.497 e. The summed E-state index contributed by atoms with van der Waals surface area (Å²) in [6, 6.07) is 29.2. The molecule has 0 bridgehead atoms. The van der Waals surface area contributed by atoms with Crippen LogP contribution in [0.1, 0.15) is 0 Å². The summed E-state index contributed by atoms with van der Waals surface area (Å²) in [5, 5.41) is 4.80. The lowest BCUT2D eigenvalue weighted by Gasteiger charge is -2.08. The highest BCUT2D eigenvalue weighted by Crippen LogP contribution is 2.46. The van der Waals surface area contributed by atoms with Gasteiger partial charge in [-0.3, -0.25) is 0 Å². The molecule has 5 rings (SSSR count). The van der Waals surface area contributed by atoms with Gasteiger partial charge in [0.15, 0.2) is 0 Å². The van der Waals surface area contributed by atoms with Crippen LogP contribution >= 0.6 is 0 Å². The van der Waals surface area contributed by atoms with Crippen LogP contribution in [0.15, 0.2) is 84.9 Å². The van der Waals surface area contributed by atoms with E-state index >= 15 is 0 Å². The standard InChI is InChI=1S/C26H20NO2/c1-28-21-9-3-17(4-10-21)19-7-13-25-23(15-19)24-16-20(8-14-26(24)27-25)18-5-11-22(29-2)12-6-18/h3-16H,1-2H3. The molecule has 1 aliphatic rings. The predicted octanol–water partition coefficient (Wildman–Crippen LogP) is 6.59. The maximum atomic E-state index is 5.27. The second-order valence-corrected chi connectivity index (χ2v) is 7.03. The first-order chi connectivity index (χ1) is 14.2. The van der Waals surface area contributed by atoms with E-state index in [-0.39, 0.29) is 0 Å². The lowest BCUT2D eigenvalue weighted by Crippen LogP contribution is -1.84. The van der Waals surface area contributed by atoms with Crippen molar-refractivity contribution in [2.24, 2.45) is 0 Å². The lowest BCUT2D eigenvalue weighted by atomic mass is 9.96. The molecule has 0 amide bonds. The van der Waals surface area contributed by atoms with E-state index in [0.29, 0.717) is 0 Å². The molecule has 4 aromatic rings. The highest BCUT2D eigenvalue weighted by atomic mass is 16.5. The van der Waals surface area contributed by atoms with Crippen molar-refractivity contribution in [1.82, 2.24) is 5.32 Å². The van der Waals surface area contributed by atoms with Crippen molar-refractivity contribution in [3.05, 3.63) is 84.9 Å². The quantitative estimate of drug-likeness (QED) is 0.353. The van der Waals surface area contributed by atoms with Crippen LogP contribution in [0.25, 0.3) is 33.4 Å². The zero-order chi connectivity index (χ0) is 19.8. The Balaban J connectivity index is 1.54. The largest absolute Gasteiger partial charge is 0.497 e. The fraction of sp³-hybridized carbons (Fsp3) is 0.0769. The zero-order valence-electron chi connectivity index (χ0n) is 16.3. The first-order valence-electron chi connectivity index (χ1n) is 9.54. The van der Waals surface area contributed by atoms with Crippen molar-refractivity contribution in [3.8, 4) is 44.9 Å². The van der Waals surface area contributed by atoms with Gasteiger partial charge in [0, 0.05) is 11.1 Å². The molecule has 0 fully saturated rings. The number of methoxy groups -OCH3 is 2. The topological polar surface area (TPSA) is 32.6 Å². The number of fused-ring (bicyclic) bond motifs is 3. The monoisotopic (exact) mass is 378 g/mol. The van der Waals surface area contributed by atoms with Gasteiger partial charge in [0.1, 0.15) is 11.5 Å². The molecule has 0 saturated carbocycles. The summed E-state index contributed by atoms with van der Waals surface area (Å²) in [5.74, 6) is 1.72. The summed E-state index contributed by atoms with van der Waals surface area (Å²) in [5.41, 5.74) is 9.04. The zero-order valence-corrected chi connectivity index (χ0v) is 16.3.